The van der Waals surface area contributed by atoms with Crippen molar-refractivity contribution in [1.29, 1.82) is 0 Å². The van der Waals surface area contributed by atoms with E-state index < -0.39 is 0 Å². The number of aryl methyl sites for hydroxylation is 1. The van der Waals surface area contributed by atoms with E-state index in [-0.39, 0.29) is 12.2 Å². The summed E-state index contributed by atoms with van der Waals surface area (Å²) in [7, 11) is 1.88. The summed E-state index contributed by atoms with van der Waals surface area (Å²) in [5, 5.41) is 0.594. The molecule has 0 amide bonds. The maximum absolute atomic E-state index is 12.5. The van der Waals surface area contributed by atoms with Gasteiger partial charge in [0.2, 0.25) is 0 Å². The van der Waals surface area contributed by atoms with E-state index in [0.717, 1.165) is 22.6 Å². The first-order valence-corrected chi connectivity index (χ1v) is 8.16. The summed E-state index contributed by atoms with van der Waals surface area (Å²) >= 11 is 6.34. The number of aromatic nitrogens is 3. The van der Waals surface area contributed by atoms with Gasteiger partial charge in [-0.3, -0.25) is 9.78 Å². The predicted octanol–water partition coefficient (Wildman–Crippen LogP) is 4.03. The van der Waals surface area contributed by atoms with E-state index in [1.165, 1.54) is 6.33 Å². The highest BCUT2D eigenvalue weighted by Gasteiger charge is 2.13. The highest BCUT2D eigenvalue weighted by Crippen LogP contribution is 2.31. The Hall–Kier alpha value is -2.79. The van der Waals surface area contributed by atoms with Gasteiger partial charge in [0.15, 0.2) is 5.78 Å². The second-order valence-corrected chi connectivity index (χ2v) is 6.11. The Kier molecular flexibility index (Phi) is 5.05. The standard InChI is InChI=1S/C19H17ClN4O/c1-13-4-3-5-17(23-13)19(25)9-14-6-7-16(20)18(8-14)24(2)15-10-21-12-22-11-15/h3-8,10-12H,9H2,1-2H3. The van der Waals surface area contributed by atoms with E-state index in [1.807, 2.05) is 43.1 Å². The number of halogens is 1. The SMILES string of the molecule is Cc1cccc(C(=O)Cc2ccc(Cl)c(N(C)c3cncnc3)c2)n1. The van der Waals surface area contributed by atoms with Crippen molar-refractivity contribution in [2.45, 2.75) is 13.3 Å². The van der Waals surface area contributed by atoms with Crippen molar-refractivity contribution >= 4 is 28.8 Å². The minimum atomic E-state index is -0.0253. The zero-order valence-corrected chi connectivity index (χ0v) is 14.7. The molecule has 2 heterocycles. The average Bonchev–Trinajstić information content (AvgIpc) is 2.63. The molecule has 0 saturated heterocycles. The number of carbonyl (C=O) groups is 1. The van der Waals surface area contributed by atoms with Crippen LogP contribution in [0.5, 0.6) is 0 Å². The molecule has 1 aromatic carbocycles. The van der Waals surface area contributed by atoms with Crippen LogP contribution in [0.25, 0.3) is 0 Å². The zero-order valence-electron chi connectivity index (χ0n) is 14.0. The van der Waals surface area contributed by atoms with Crippen LogP contribution >= 0.6 is 11.6 Å². The molecule has 0 unspecified atom stereocenters. The van der Waals surface area contributed by atoms with E-state index in [1.54, 1.807) is 24.5 Å². The number of anilines is 2. The van der Waals surface area contributed by atoms with Crippen LogP contribution < -0.4 is 4.90 Å². The lowest BCUT2D eigenvalue weighted by molar-refractivity contribution is 0.0988. The van der Waals surface area contributed by atoms with Gasteiger partial charge in [-0.05, 0) is 36.8 Å². The first kappa shape index (κ1) is 17.0. The Balaban J connectivity index is 1.85. The van der Waals surface area contributed by atoms with Crippen LogP contribution in [0.1, 0.15) is 21.7 Å². The Morgan fingerprint density at radius 3 is 2.64 bits per heavy atom. The van der Waals surface area contributed by atoms with Gasteiger partial charge >= 0.3 is 0 Å². The molecule has 0 bridgehead atoms. The Bertz CT molecular complexity index is 899. The normalized spacial score (nSPS) is 10.5. The summed E-state index contributed by atoms with van der Waals surface area (Å²) in [6, 6.07) is 11.0. The molecule has 0 saturated carbocycles. The number of hydrogen-bond acceptors (Lipinski definition) is 5. The number of hydrogen-bond donors (Lipinski definition) is 0. The topological polar surface area (TPSA) is 59.0 Å². The smallest absolute Gasteiger partial charge is 0.185 e. The van der Waals surface area contributed by atoms with E-state index >= 15 is 0 Å². The highest BCUT2D eigenvalue weighted by atomic mass is 35.5. The fourth-order valence-electron chi connectivity index (χ4n) is 2.50. The molecule has 3 aromatic rings. The van der Waals surface area contributed by atoms with Crippen LogP contribution in [0.15, 0.2) is 55.1 Å². The van der Waals surface area contributed by atoms with Crippen molar-refractivity contribution < 1.29 is 4.79 Å². The molecule has 25 heavy (non-hydrogen) atoms. The molecular formula is C19H17ClN4O. The molecule has 126 valence electrons. The van der Waals surface area contributed by atoms with Crippen LogP contribution in [0.2, 0.25) is 5.02 Å². The maximum atomic E-state index is 12.5. The van der Waals surface area contributed by atoms with Crippen LogP contribution in [0, 0.1) is 6.92 Å². The summed E-state index contributed by atoms with van der Waals surface area (Å²) in [6.07, 6.45) is 5.15. The Labute approximate surface area is 151 Å². The fourth-order valence-corrected chi connectivity index (χ4v) is 2.75. The minimum Gasteiger partial charge on any atom is -0.341 e. The number of nitrogens with zero attached hydrogens (tertiary/aromatic N) is 4. The fraction of sp³-hybridized carbons (Fsp3) is 0.158. The van der Waals surface area contributed by atoms with E-state index in [9.17, 15) is 4.79 Å². The largest absolute Gasteiger partial charge is 0.341 e. The third kappa shape index (κ3) is 4.00. The van der Waals surface area contributed by atoms with Crippen LogP contribution in [0.3, 0.4) is 0 Å². The van der Waals surface area contributed by atoms with Crippen LogP contribution in [0.4, 0.5) is 11.4 Å². The van der Waals surface area contributed by atoms with Gasteiger partial charge < -0.3 is 4.90 Å². The molecule has 0 fully saturated rings. The van der Waals surface area contributed by atoms with Crippen LogP contribution in [-0.2, 0) is 6.42 Å². The number of pyridine rings is 1. The van der Waals surface area contributed by atoms with Gasteiger partial charge in [0.05, 0.1) is 28.8 Å². The summed E-state index contributed by atoms with van der Waals surface area (Å²) in [4.78, 5) is 26.7. The Morgan fingerprint density at radius 1 is 1.16 bits per heavy atom. The number of carbonyl (C=O) groups excluding carboxylic acids is 1. The maximum Gasteiger partial charge on any atom is 0.185 e. The van der Waals surface area contributed by atoms with Gasteiger partial charge in [-0.25, -0.2) is 9.97 Å². The average molecular weight is 353 g/mol. The first-order chi connectivity index (χ1) is 12.0. The lowest BCUT2D eigenvalue weighted by Gasteiger charge is -2.20. The van der Waals surface area contributed by atoms with Crippen molar-refractivity contribution in [2.24, 2.45) is 0 Å². The highest BCUT2D eigenvalue weighted by molar-refractivity contribution is 6.33. The van der Waals surface area contributed by atoms with Gasteiger partial charge in [-0.2, -0.15) is 0 Å². The minimum absolute atomic E-state index is 0.0253. The molecule has 0 aliphatic heterocycles. The second-order valence-electron chi connectivity index (χ2n) is 5.71. The molecular weight excluding hydrogens is 336 g/mol. The zero-order chi connectivity index (χ0) is 17.8. The lowest BCUT2D eigenvalue weighted by Crippen LogP contribution is -2.12. The molecule has 0 atom stereocenters. The number of ketones is 1. The van der Waals surface area contributed by atoms with Crippen molar-refractivity contribution in [1.82, 2.24) is 15.0 Å². The van der Waals surface area contributed by atoms with Crippen molar-refractivity contribution in [3.05, 3.63) is 77.1 Å². The Morgan fingerprint density at radius 2 is 1.92 bits per heavy atom. The number of Topliss-reactive ketones (excluding diaryl/α,β-unsaturated/α-hetero) is 1. The number of benzene rings is 1. The van der Waals surface area contributed by atoms with Crippen molar-refractivity contribution in [2.75, 3.05) is 11.9 Å². The lowest BCUT2D eigenvalue weighted by atomic mass is 10.1. The summed E-state index contributed by atoms with van der Waals surface area (Å²) < 4.78 is 0. The summed E-state index contributed by atoms with van der Waals surface area (Å²) in [5.41, 5.74) is 3.77. The van der Waals surface area contributed by atoms with Crippen molar-refractivity contribution in [3.63, 3.8) is 0 Å². The molecule has 5 nitrogen and oxygen atoms in total. The molecule has 2 aromatic heterocycles. The molecule has 0 N–H and O–H groups in total. The first-order valence-electron chi connectivity index (χ1n) is 7.78. The molecule has 0 aliphatic carbocycles. The third-order valence-electron chi connectivity index (χ3n) is 3.84. The van der Waals surface area contributed by atoms with Crippen LogP contribution in [-0.4, -0.2) is 27.8 Å². The van der Waals surface area contributed by atoms with Gasteiger partial charge in [-0.15, -0.1) is 0 Å². The monoisotopic (exact) mass is 352 g/mol. The van der Waals surface area contributed by atoms with Gasteiger partial charge in [-0.1, -0.05) is 23.7 Å². The van der Waals surface area contributed by atoms with E-state index in [0.29, 0.717) is 10.7 Å². The molecule has 3 rings (SSSR count). The van der Waals surface area contributed by atoms with Crippen molar-refractivity contribution in [3.8, 4) is 0 Å². The summed E-state index contributed by atoms with van der Waals surface area (Å²) in [5.74, 6) is -0.0253. The molecule has 0 spiro atoms. The van der Waals surface area contributed by atoms with Gasteiger partial charge in [0, 0.05) is 19.2 Å². The number of rotatable bonds is 5. The van der Waals surface area contributed by atoms with Gasteiger partial charge in [0.25, 0.3) is 0 Å². The third-order valence-corrected chi connectivity index (χ3v) is 4.16. The van der Waals surface area contributed by atoms with E-state index in [2.05, 4.69) is 15.0 Å². The quantitative estimate of drug-likeness (QED) is 0.649. The van der Waals surface area contributed by atoms with E-state index in [4.69, 9.17) is 11.6 Å². The molecule has 6 heteroatoms. The summed E-state index contributed by atoms with van der Waals surface area (Å²) in [6.45, 7) is 1.87. The molecule has 0 aliphatic rings. The van der Waals surface area contributed by atoms with Gasteiger partial charge in [0.1, 0.15) is 12.0 Å². The predicted molar refractivity (Wildman–Crippen MR) is 98.6 cm³/mol. The molecule has 0 radical (unpaired) electrons. The second kappa shape index (κ2) is 7.40.